The van der Waals surface area contributed by atoms with E-state index in [1.165, 1.54) is 0 Å². The molecule has 0 radical (unpaired) electrons. The normalized spacial score (nSPS) is 10.8. The van der Waals surface area contributed by atoms with Crippen LogP contribution in [-0.2, 0) is 0 Å². The van der Waals surface area contributed by atoms with Gasteiger partial charge in [0.25, 0.3) is 0 Å². The molecule has 0 unspecified atom stereocenters. The average Bonchev–Trinajstić information content (AvgIpc) is 2.64. The van der Waals surface area contributed by atoms with Gasteiger partial charge in [-0.1, -0.05) is 60.7 Å². The zero-order valence-corrected chi connectivity index (χ0v) is 14.6. The number of aryl methyl sites for hydroxylation is 2. The van der Waals surface area contributed by atoms with Crippen molar-refractivity contribution < 1.29 is 9.90 Å². The third-order valence-corrected chi connectivity index (χ3v) is 4.64. The zero-order chi connectivity index (χ0) is 17.8. The summed E-state index contributed by atoms with van der Waals surface area (Å²) in [6.45, 7) is 3.68. The van der Waals surface area contributed by atoms with Crippen molar-refractivity contribution in [3.63, 3.8) is 0 Å². The molecule has 0 heterocycles. The summed E-state index contributed by atoms with van der Waals surface area (Å²) >= 11 is 0. The van der Waals surface area contributed by atoms with Crippen molar-refractivity contribution in [3.8, 4) is 5.75 Å². The zero-order valence-electron chi connectivity index (χ0n) is 14.6. The number of carbonyl (C=O) groups is 1. The van der Waals surface area contributed by atoms with Crippen LogP contribution in [0.25, 0.3) is 0 Å². The summed E-state index contributed by atoms with van der Waals surface area (Å²) in [5.41, 5.74) is 4.50. The highest BCUT2D eigenvalue weighted by molar-refractivity contribution is 5.98. The molecule has 2 nitrogen and oxygen atoms in total. The van der Waals surface area contributed by atoms with Gasteiger partial charge in [-0.2, -0.15) is 0 Å². The molecule has 0 aliphatic carbocycles. The van der Waals surface area contributed by atoms with Crippen LogP contribution in [0.3, 0.4) is 0 Å². The van der Waals surface area contributed by atoms with Crippen LogP contribution in [-0.4, -0.2) is 10.9 Å². The van der Waals surface area contributed by atoms with Gasteiger partial charge in [-0.3, -0.25) is 4.79 Å². The first-order valence-electron chi connectivity index (χ1n) is 8.49. The Kier molecular flexibility index (Phi) is 4.99. The Morgan fingerprint density at radius 2 is 1.36 bits per heavy atom. The number of phenolic OH excluding ortho intramolecular Hbond substituents is 1. The third-order valence-electron chi connectivity index (χ3n) is 4.64. The van der Waals surface area contributed by atoms with E-state index in [0.29, 0.717) is 12.0 Å². The van der Waals surface area contributed by atoms with Gasteiger partial charge in [-0.15, -0.1) is 0 Å². The number of rotatable bonds is 5. The van der Waals surface area contributed by atoms with E-state index in [1.54, 1.807) is 12.1 Å². The van der Waals surface area contributed by atoms with Crippen LogP contribution in [0.15, 0.2) is 72.8 Å². The lowest BCUT2D eigenvalue weighted by atomic mass is 9.85. The van der Waals surface area contributed by atoms with Crippen LogP contribution in [0.1, 0.15) is 45.0 Å². The fourth-order valence-corrected chi connectivity index (χ4v) is 3.20. The van der Waals surface area contributed by atoms with Crippen LogP contribution < -0.4 is 0 Å². The van der Waals surface area contributed by atoms with Gasteiger partial charge >= 0.3 is 0 Å². The molecule has 0 aliphatic heterocycles. The summed E-state index contributed by atoms with van der Waals surface area (Å²) in [6.07, 6.45) is 0.402. The van der Waals surface area contributed by atoms with Crippen molar-refractivity contribution in [1.29, 1.82) is 0 Å². The predicted molar refractivity (Wildman–Crippen MR) is 101 cm³/mol. The Morgan fingerprint density at radius 3 is 1.88 bits per heavy atom. The van der Waals surface area contributed by atoms with E-state index in [4.69, 9.17) is 0 Å². The molecule has 2 heteroatoms. The van der Waals surface area contributed by atoms with E-state index >= 15 is 0 Å². The smallest absolute Gasteiger partial charge is 0.164 e. The minimum Gasteiger partial charge on any atom is -0.508 e. The lowest BCUT2D eigenvalue weighted by Gasteiger charge is -2.18. The fourth-order valence-electron chi connectivity index (χ4n) is 3.20. The molecule has 0 aliphatic rings. The first-order valence-corrected chi connectivity index (χ1v) is 8.49. The summed E-state index contributed by atoms with van der Waals surface area (Å²) in [7, 11) is 0. The second-order valence-corrected chi connectivity index (χ2v) is 6.45. The molecule has 0 atom stereocenters. The summed E-state index contributed by atoms with van der Waals surface area (Å²) in [5.74, 6) is 0.346. The van der Waals surface area contributed by atoms with Gasteiger partial charge in [0.2, 0.25) is 0 Å². The van der Waals surface area contributed by atoms with Crippen LogP contribution in [0.4, 0.5) is 0 Å². The third kappa shape index (κ3) is 3.80. The van der Waals surface area contributed by atoms with Crippen molar-refractivity contribution in [2.24, 2.45) is 0 Å². The second kappa shape index (κ2) is 7.35. The van der Waals surface area contributed by atoms with Crippen molar-refractivity contribution in [2.75, 3.05) is 0 Å². The topological polar surface area (TPSA) is 37.3 Å². The van der Waals surface area contributed by atoms with Crippen LogP contribution in [0.5, 0.6) is 5.75 Å². The molecule has 3 aromatic rings. The molecule has 1 N–H and O–H groups in total. The van der Waals surface area contributed by atoms with E-state index in [1.807, 2.05) is 50.2 Å². The first kappa shape index (κ1) is 17.0. The molecule has 0 spiro atoms. The Morgan fingerprint density at radius 1 is 0.840 bits per heavy atom. The summed E-state index contributed by atoms with van der Waals surface area (Å²) < 4.78 is 0. The van der Waals surface area contributed by atoms with E-state index in [2.05, 4.69) is 24.3 Å². The maximum Gasteiger partial charge on any atom is 0.164 e. The van der Waals surface area contributed by atoms with Gasteiger partial charge in [0.1, 0.15) is 5.75 Å². The Labute approximate surface area is 148 Å². The monoisotopic (exact) mass is 330 g/mol. The van der Waals surface area contributed by atoms with E-state index < -0.39 is 0 Å². The molecule has 0 aromatic heterocycles. The van der Waals surface area contributed by atoms with Gasteiger partial charge in [-0.05, 0) is 48.2 Å². The van der Waals surface area contributed by atoms with Gasteiger partial charge in [0.05, 0.1) is 0 Å². The number of hydrogen-bond donors (Lipinski definition) is 1. The largest absolute Gasteiger partial charge is 0.508 e. The Bertz CT molecular complexity index is 828. The molecule has 25 heavy (non-hydrogen) atoms. The number of hydrogen-bond acceptors (Lipinski definition) is 2. The molecule has 0 saturated heterocycles. The number of phenols is 1. The summed E-state index contributed by atoms with van der Waals surface area (Å²) in [5, 5.41) is 9.83. The maximum absolute atomic E-state index is 13.0. The van der Waals surface area contributed by atoms with Crippen molar-refractivity contribution in [2.45, 2.75) is 26.2 Å². The highest BCUT2D eigenvalue weighted by Crippen LogP contribution is 2.31. The Hall–Kier alpha value is -2.87. The molecule has 0 amide bonds. The molecule has 3 aromatic carbocycles. The minimum atomic E-state index is 0.0170. The fraction of sp³-hybridized carbons (Fsp3) is 0.174. The van der Waals surface area contributed by atoms with E-state index in [9.17, 15) is 9.90 Å². The standard InChI is InChI=1S/C23H22O2/c1-16-14-22(24)17(2)13-20(16)23(25)15-21(18-9-5-3-6-10-18)19-11-7-4-8-12-19/h3-14,21,24H,15H2,1-2H3. The first-order chi connectivity index (χ1) is 12.1. The van der Waals surface area contributed by atoms with Crippen LogP contribution in [0, 0.1) is 13.8 Å². The lowest BCUT2D eigenvalue weighted by Crippen LogP contribution is -2.10. The van der Waals surface area contributed by atoms with Crippen molar-refractivity contribution in [1.82, 2.24) is 0 Å². The molecule has 0 bridgehead atoms. The SMILES string of the molecule is Cc1cc(C(=O)CC(c2ccccc2)c2ccccc2)c(C)cc1O. The lowest BCUT2D eigenvalue weighted by molar-refractivity contribution is 0.0977. The van der Waals surface area contributed by atoms with Gasteiger partial charge in [0.15, 0.2) is 5.78 Å². The number of ketones is 1. The van der Waals surface area contributed by atoms with Crippen molar-refractivity contribution >= 4 is 5.78 Å². The molecular formula is C23H22O2. The highest BCUT2D eigenvalue weighted by atomic mass is 16.3. The van der Waals surface area contributed by atoms with E-state index in [-0.39, 0.29) is 17.5 Å². The quantitative estimate of drug-likeness (QED) is 0.635. The van der Waals surface area contributed by atoms with Gasteiger partial charge < -0.3 is 5.11 Å². The summed E-state index contributed by atoms with van der Waals surface area (Å²) in [6, 6.07) is 23.7. The van der Waals surface area contributed by atoms with E-state index in [0.717, 1.165) is 22.3 Å². The number of benzene rings is 3. The number of aromatic hydroxyl groups is 1. The number of Topliss-reactive ketones (excluding diaryl/α,β-unsaturated/α-hetero) is 1. The predicted octanol–water partition coefficient (Wildman–Crippen LogP) is 5.41. The maximum atomic E-state index is 13.0. The second-order valence-electron chi connectivity index (χ2n) is 6.45. The van der Waals surface area contributed by atoms with Crippen molar-refractivity contribution in [3.05, 3.63) is 101 Å². The molecule has 0 fully saturated rings. The molecule has 0 saturated carbocycles. The van der Waals surface area contributed by atoms with Gasteiger partial charge in [0, 0.05) is 17.9 Å². The Balaban J connectivity index is 1.96. The summed E-state index contributed by atoms with van der Waals surface area (Å²) in [4.78, 5) is 13.0. The van der Waals surface area contributed by atoms with Crippen LogP contribution >= 0.6 is 0 Å². The molecule has 3 rings (SSSR count). The minimum absolute atomic E-state index is 0.0170. The highest BCUT2D eigenvalue weighted by Gasteiger charge is 2.20. The molecule has 126 valence electrons. The van der Waals surface area contributed by atoms with Crippen LogP contribution in [0.2, 0.25) is 0 Å². The average molecular weight is 330 g/mol. The molecular weight excluding hydrogens is 308 g/mol. The van der Waals surface area contributed by atoms with Gasteiger partial charge in [-0.25, -0.2) is 0 Å². The number of carbonyl (C=O) groups excluding carboxylic acids is 1.